The van der Waals surface area contributed by atoms with E-state index in [9.17, 15) is 9.59 Å². The third-order valence-electron chi connectivity index (χ3n) is 5.58. The molecule has 1 fully saturated rings. The molecule has 4 rings (SSSR count). The van der Waals surface area contributed by atoms with Crippen LogP contribution in [-0.2, 0) is 4.79 Å². The Bertz CT molecular complexity index is 963. The van der Waals surface area contributed by atoms with Crippen LogP contribution in [0.5, 0.6) is 0 Å². The van der Waals surface area contributed by atoms with Crippen molar-refractivity contribution in [3.63, 3.8) is 0 Å². The van der Waals surface area contributed by atoms with Gasteiger partial charge in [-0.3, -0.25) is 19.5 Å². The Labute approximate surface area is 165 Å². The van der Waals surface area contributed by atoms with Gasteiger partial charge >= 0.3 is 6.03 Å². The number of anilines is 1. The van der Waals surface area contributed by atoms with Gasteiger partial charge < -0.3 is 4.90 Å². The molecule has 7 nitrogen and oxygen atoms in total. The summed E-state index contributed by atoms with van der Waals surface area (Å²) in [5, 5.41) is 0. The quantitative estimate of drug-likeness (QED) is 0.758. The standard InChI is InChI=1S/C21H25N5O2/c1-12(2)11-24-19(27)17-18(23(6)21(24)28)22-20-25(14(4)15(5)26(17)20)16-9-7-8-13(3)10-16/h7-10,17-18H,1,11H2,2-6H3. The van der Waals surface area contributed by atoms with Crippen LogP contribution in [0.1, 0.15) is 26.3 Å². The summed E-state index contributed by atoms with van der Waals surface area (Å²) < 4.78 is 0. The fourth-order valence-corrected chi connectivity index (χ4v) is 4.10. The number of carbonyl (C=O) groups excluding carboxylic acids is 2. The molecule has 2 atom stereocenters. The summed E-state index contributed by atoms with van der Waals surface area (Å²) in [7, 11) is 1.70. The molecule has 1 aromatic rings. The molecule has 28 heavy (non-hydrogen) atoms. The van der Waals surface area contributed by atoms with Gasteiger partial charge in [-0.2, -0.15) is 0 Å². The molecule has 3 amide bonds. The lowest BCUT2D eigenvalue weighted by atomic mass is 10.1. The number of aryl methyl sites for hydroxylation is 1. The van der Waals surface area contributed by atoms with E-state index in [1.807, 2.05) is 50.8 Å². The molecule has 0 aromatic heterocycles. The van der Waals surface area contributed by atoms with Crippen LogP contribution in [-0.4, -0.2) is 58.4 Å². The zero-order chi connectivity index (χ0) is 20.3. The van der Waals surface area contributed by atoms with Crippen LogP contribution >= 0.6 is 0 Å². The van der Waals surface area contributed by atoms with E-state index in [0.29, 0.717) is 5.96 Å². The van der Waals surface area contributed by atoms with Crippen molar-refractivity contribution >= 4 is 23.6 Å². The number of carbonyl (C=O) groups is 2. The first-order valence-electron chi connectivity index (χ1n) is 9.36. The van der Waals surface area contributed by atoms with E-state index in [-0.39, 0.29) is 18.5 Å². The zero-order valence-electron chi connectivity index (χ0n) is 16.9. The molecule has 3 heterocycles. The van der Waals surface area contributed by atoms with Gasteiger partial charge in [0, 0.05) is 24.1 Å². The van der Waals surface area contributed by atoms with Gasteiger partial charge in [-0.05, 0) is 45.4 Å². The van der Waals surface area contributed by atoms with Crippen molar-refractivity contribution in [2.45, 2.75) is 39.9 Å². The summed E-state index contributed by atoms with van der Waals surface area (Å²) in [5.41, 5.74) is 4.91. The van der Waals surface area contributed by atoms with Crippen molar-refractivity contribution in [2.75, 3.05) is 18.5 Å². The number of aliphatic imine (C=N–C) groups is 1. The number of nitrogens with zero attached hydrogens (tertiary/aromatic N) is 5. The summed E-state index contributed by atoms with van der Waals surface area (Å²) in [6, 6.07) is 7.29. The van der Waals surface area contributed by atoms with Crippen molar-refractivity contribution in [3.8, 4) is 0 Å². The molecule has 3 aliphatic rings. The van der Waals surface area contributed by atoms with Gasteiger partial charge in [-0.15, -0.1) is 0 Å². The van der Waals surface area contributed by atoms with Crippen LogP contribution in [0.15, 0.2) is 52.8 Å². The third-order valence-corrected chi connectivity index (χ3v) is 5.58. The molecular weight excluding hydrogens is 354 g/mol. The largest absolute Gasteiger partial charge is 0.328 e. The molecular formula is C21H25N5O2. The Kier molecular flexibility index (Phi) is 4.06. The second kappa shape index (κ2) is 6.22. The number of likely N-dealkylation sites (N-methyl/N-ethyl adjacent to an activating group) is 1. The highest BCUT2D eigenvalue weighted by molar-refractivity contribution is 6.10. The van der Waals surface area contributed by atoms with E-state index in [1.165, 1.54) is 4.90 Å². The van der Waals surface area contributed by atoms with Gasteiger partial charge in [0.2, 0.25) is 5.96 Å². The number of rotatable bonds is 3. The molecule has 0 radical (unpaired) electrons. The van der Waals surface area contributed by atoms with Crippen LogP contribution < -0.4 is 4.90 Å². The summed E-state index contributed by atoms with van der Waals surface area (Å²) in [6.45, 7) is 12.0. The Morgan fingerprint density at radius 3 is 2.54 bits per heavy atom. The number of hydrogen-bond acceptors (Lipinski definition) is 5. The zero-order valence-corrected chi connectivity index (χ0v) is 16.9. The van der Waals surface area contributed by atoms with E-state index in [2.05, 4.69) is 17.5 Å². The number of guanidine groups is 1. The second-order valence-corrected chi connectivity index (χ2v) is 7.78. The predicted molar refractivity (Wildman–Crippen MR) is 109 cm³/mol. The maximum atomic E-state index is 13.3. The lowest BCUT2D eigenvalue weighted by molar-refractivity contribution is -0.136. The molecule has 1 aromatic carbocycles. The lowest BCUT2D eigenvalue weighted by Gasteiger charge is -2.40. The van der Waals surface area contributed by atoms with E-state index in [4.69, 9.17) is 4.99 Å². The Morgan fingerprint density at radius 2 is 1.89 bits per heavy atom. The molecule has 3 aliphatic heterocycles. The monoisotopic (exact) mass is 379 g/mol. The number of benzene rings is 1. The minimum atomic E-state index is -0.554. The summed E-state index contributed by atoms with van der Waals surface area (Å²) in [4.78, 5) is 37.7. The molecule has 1 saturated heterocycles. The van der Waals surface area contributed by atoms with Crippen molar-refractivity contribution in [2.24, 2.45) is 4.99 Å². The highest BCUT2D eigenvalue weighted by Gasteiger charge is 2.55. The van der Waals surface area contributed by atoms with Gasteiger partial charge in [0.05, 0.1) is 6.54 Å². The minimum absolute atomic E-state index is 0.220. The van der Waals surface area contributed by atoms with Crippen LogP contribution in [0.4, 0.5) is 10.5 Å². The topological polar surface area (TPSA) is 59.5 Å². The van der Waals surface area contributed by atoms with Gasteiger partial charge in [-0.25, -0.2) is 9.79 Å². The smallest absolute Gasteiger partial charge is 0.302 e. The van der Waals surface area contributed by atoms with Crippen molar-refractivity contribution in [1.82, 2.24) is 14.7 Å². The highest BCUT2D eigenvalue weighted by atomic mass is 16.2. The second-order valence-electron chi connectivity index (χ2n) is 7.78. The Morgan fingerprint density at radius 1 is 1.18 bits per heavy atom. The van der Waals surface area contributed by atoms with E-state index < -0.39 is 12.2 Å². The predicted octanol–water partition coefficient (Wildman–Crippen LogP) is 2.90. The first kappa shape index (κ1) is 18.3. The number of amides is 3. The fourth-order valence-electron chi connectivity index (χ4n) is 4.10. The fraction of sp³-hybridized carbons (Fsp3) is 0.381. The van der Waals surface area contributed by atoms with E-state index in [0.717, 1.165) is 28.2 Å². The number of hydrogen-bond donors (Lipinski definition) is 0. The van der Waals surface area contributed by atoms with E-state index >= 15 is 0 Å². The van der Waals surface area contributed by atoms with Crippen LogP contribution in [0.2, 0.25) is 0 Å². The number of urea groups is 1. The van der Waals surface area contributed by atoms with Crippen molar-refractivity contribution < 1.29 is 9.59 Å². The van der Waals surface area contributed by atoms with Crippen LogP contribution in [0, 0.1) is 6.92 Å². The maximum Gasteiger partial charge on any atom is 0.328 e. The lowest BCUT2D eigenvalue weighted by Crippen LogP contribution is -2.64. The highest BCUT2D eigenvalue weighted by Crippen LogP contribution is 2.40. The summed E-state index contributed by atoms with van der Waals surface area (Å²) in [5.74, 6) is 0.467. The maximum absolute atomic E-state index is 13.3. The molecule has 0 aliphatic carbocycles. The van der Waals surface area contributed by atoms with Crippen molar-refractivity contribution in [3.05, 3.63) is 53.4 Å². The third kappa shape index (κ3) is 2.46. The number of fused-ring (bicyclic) bond motifs is 3. The molecule has 2 unspecified atom stereocenters. The van der Waals surface area contributed by atoms with Gasteiger partial charge in [0.1, 0.15) is 0 Å². The first-order valence-corrected chi connectivity index (χ1v) is 9.36. The van der Waals surface area contributed by atoms with Crippen LogP contribution in [0.25, 0.3) is 0 Å². The molecule has 7 heteroatoms. The SMILES string of the molecule is C=C(C)CN1C(=O)C2C(N=C3N(c4cccc(C)c4)C(C)=C(C)N32)N(C)C1=O. The molecule has 0 bridgehead atoms. The van der Waals surface area contributed by atoms with Crippen LogP contribution in [0.3, 0.4) is 0 Å². The molecule has 0 N–H and O–H groups in total. The molecule has 0 spiro atoms. The summed E-state index contributed by atoms with van der Waals surface area (Å²) in [6.07, 6.45) is -0.535. The summed E-state index contributed by atoms with van der Waals surface area (Å²) >= 11 is 0. The van der Waals surface area contributed by atoms with Crippen molar-refractivity contribution in [1.29, 1.82) is 0 Å². The first-order chi connectivity index (χ1) is 13.2. The average molecular weight is 379 g/mol. The van der Waals surface area contributed by atoms with Gasteiger partial charge in [0.25, 0.3) is 5.91 Å². The number of imide groups is 1. The average Bonchev–Trinajstić information content (AvgIpc) is 3.13. The van der Waals surface area contributed by atoms with E-state index in [1.54, 1.807) is 11.9 Å². The van der Waals surface area contributed by atoms with Gasteiger partial charge in [0.15, 0.2) is 12.2 Å². The Hall–Kier alpha value is -3.09. The van der Waals surface area contributed by atoms with Gasteiger partial charge in [-0.1, -0.05) is 24.3 Å². The Balaban J connectivity index is 1.78. The molecule has 0 saturated carbocycles. The normalized spacial score (nSPS) is 24.1. The minimum Gasteiger partial charge on any atom is -0.302 e. The number of allylic oxidation sites excluding steroid dienone is 2. The molecule has 146 valence electrons.